The van der Waals surface area contributed by atoms with Crippen molar-refractivity contribution in [1.29, 1.82) is 0 Å². The number of halogens is 3. The predicted octanol–water partition coefficient (Wildman–Crippen LogP) is 1.52. The molecule has 1 aromatic carbocycles. The number of nitrogens with one attached hydrogen (secondary N) is 1. The number of primary amides is 1. The van der Waals surface area contributed by atoms with Crippen molar-refractivity contribution in [3.05, 3.63) is 35.4 Å². The van der Waals surface area contributed by atoms with Crippen molar-refractivity contribution in [2.75, 3.05) is 19.6 Å². The SMILES string of the molecule is NC(=O)C(=O)NCC1CCCN(Cc2ccccc2C(F)(F)F)C1. The molecule has 0 saturated carbocycles. The number of carbonyl (C=O) groups is 2. The van der Waals surface area contributed by atoms with Gasteiger partial charge in [0.25, 0.3) is 0 Å². The van der Waals surface area contributed by atoms with Gasteiger partial charge in [0, 0.05) is 19.6 Å². The second-order valence-electron chi connectivity index (χ2n) is 5.97. The molecule has 8 heteroatoms. The fourth-order valence-corrected chi connectivity index (χ4v) is 2.96. The molecule has 1 atom stereocenters. The van der Waals surface area contributed by atoms with Crippen LogP contribution in [0, 0.1) is 5.92 Å². The summed E-state index contributed by atoms with van der Waals surface area (Å²) in [5.74, 6) is -1.79. The molecule has 1 aliphatic rings. The molecule has 2 amide bonds. The van der Waals surface area contributed by atoms with E-state index in [1.807, 2.05) is 4.90 Å². The van der Waals surface area contributed by atoms with Gasteiger partial charge in [-0.3, -0.25) is 14.5 Å². The normalized spacial score (nSPS) is 19.0. The second kappa shape index (κ2) is 7.65. The van der Waals surface area contributed by atoms with E-state index in [1.54, 1.807) is 6.07 Å². The summed E-state index contributed by atoms with van der Waals surface area (Å²) in [4.78, 5) is 23.8. The van der Waals surface area contributed by atoms with Crippen molar-refractivity contribution >= 4 is 11.8 Å². The molecule has 0 aliphatic carbocycles. The number of benzene rings is 1. The Hall–Kier alpha value is -2.09. The van der Waals surface area contributed by atoms with E-state index in [2.05, 4.69) is 5.32 Å². The lowest BCUT2D eigenvalue weighted by atomic mass is 9.96. The first-order valence-electron chi connectivity index (χ1n) is 7.72. The van der Waals surface area contributed by atoms with Crippen LogP contribution in [0.1, 0.15) is 24.0 Å². The van der Waals surface area contributed by atoms with Gasteiger partial charge in [-0.15, -0.1) is 0 Å². The maximum atomic E-state index is 13.1. The lowest BCUT2D eigenvalue weighted by molar-refractivity contribution is -0.138. The van der Waals surface area contributed by atoms with Gasteiger partial charge in [0.2, 0.25) is 0 Å². The van der Waals surface area contributed by atoms with Crippen LogP contribution >= 0.6 is 0 Å². The molecule has 1 heterocycles. The minimum Gasteiger partial charge on any atom is -0.361 e. The van der Waals surface area contributed by atoms with E-state index in [-0.39, 0.29) is 18.0 Å². The van der Waals surface area contributed by atoms with Gasteiger partial charge >= 0.3 is 18.0 Å². The number of likely N-dealkylation sites (tertiary alicyclic amines) is 1. The van der Waals surface area contributed by atoms with E-state index in [9.17, 15) is 22.8 Å². The van der Waals surface area contributed by atoms with Gasteiger partial charge < -0.3 is 11.1 Å². The number of alkyl halides is 3. The van der Waals surface area contributed by atoms with Gasteiger partial charge in [-0.2, -0.15) is 13.2 Å². The van der Waals surface area contributed by atoms with Gasteiger partial charge in [-0.1, -0.05) is 18.2 Å². The van der Waals surface area contributed by atoms with Crippen molar-refractivity contribution in [2.24, 2.45) is 11.7 Å². The predicted molar refractivity (Wildman–Crippen MR) is 81.6 cm³/mol. The summed E-state index contributed by atoms with van der Waals surface area (Å²) >= 11 is 0. The molecule has 1 unspecified atom stereocenters. The molecule has 1 aliphatic heterocycles. The highest BCUT2D eigenvalue weighted by atomic mass is 19.4. The molecule has 0 radical (unpaired) electrons. The molecule has 3 N–H and O–H groups in total. The number of nitrogens with two attached hydrogens (primary N) is 1. The third-order valence-electron chi connectivity index (χ3n) is 4.09. The molecule has 24 heavy (non-hydrogen) atoms. The maximum absolute atomic E-state index is 13.1. The van der Waals surface area contributed by atoms with Crippen molar-refractivity contribution < 1.29 is 22.8 Å². The van der Waals surface area contributed by atoms with Crippen molar-refractivity contribution in [3.8, 4) is 0 Å². The number of hydrogen-bond acceptors (Lipinski definition) is 3. The Morgan fingerprint density at radius 1 is 1.29 bits per heavy atom. The summed E-state index contributed by atoms with van der Waals surface area (Å²) in [7, 11) is 0. The highest BCUT2D eigenvalue weighted by Gasteiger charge is 2.33. The Labute approximate surface area is 138 Å². The Morgan fingerprint density at radius 3 is 2.67 bits per heavy atom. The zero-order valence-corrected chi connectivity index (χ0v) is 13.1. The number of rotatable bonds is 4. The molecular formula is C16H20F3N3O2. The van der Waals surface area contributed by atoms with Gasteiger partial charge in [-0.05, 0) is 36.9 Å². The van der Waals surface area contributed by atoms with Crippen LogP contribution in [-0.2, 0) is 22.3 Å². The number of nitrogens with zero attached hydrogens (tertiary/aromatic N) is 1. The fraction of sp³-hybridized carbons (Fsp3) is 0.500. The second-order valence-corrected chi connectivity index (χ2v) is 5.97. The third kappa shape index (κ3) is 4.95. The van der Waals surface area contributed by atoms with Gasteiger partial charge in [0.05, 0.1) is 5.56 Å². The van der Waals surface area contributed by atoms with Crippen molar-refractivity contribution in [3.63, 3.8) is 0 Å². The minimum absolute atomic E-state index is 0.0834. The van der Waals surface area contributed by atoms with Crippen molar-refractivity contribution in [2.45, 2.75) is 25.6 Å². The van der Waals surface area contributed by atoms with E-state index in [4.69, 9.17) is 5.73 Å². The first-order valence-corrected chi connectivity index (χ1v) is 7.72. The number of carbonyl (C=O) groups excluding carboxylic acids is 2. The van der Waals surface area contributed by atoms with E-state index in [0.29, 0.717) is 19.6 Å². The molecule has 2 rings (SSSR count). The average molecular weight is 343 g/mol. The monoisotopic (exact) mass is 343 g/mol. The summed E-state index contributed by atoms with van der Waals surface area (Å²) in [5, 5.41) is 2.45. The zero-order valence-electron chi connectivity index (χ0n) is 13.1. The zero-order chi connectivity index (χ0) is 17.7. The number of hydrogen-bond donors (Lipinski definition) is 2. The average Bonchev–Trinajstić information content (AvgIpc) is 2.52. The first-order chi connectivity index (χ1) is 11.3. The summed E-state index contributed by atoms with van der Waals surface area (Å²) in [5.41, 5.74) is 4.50. The Morgan fingerprint density at radius 2 is 2.00 bits per heavy atom. The van der Waals surface area contributed by atoms with Crippen LogP contribution in [0.5, 0.6) is 0 Å². The van der Waals surface area contributed by atoms with Crippen molar-refractivity contribution in [1.82, 2.24) is 10.2 Å². The molecule has 1 saturated heterocycles. The third-order valence-corrected chi connectivity index (χ3v) is 4.09. The minimum atomic E-state index is -4.37. The quantitative estimate of drug-likeness (QED) is 0.814. The van der Waals surface area contributed by atoms with E-state index >= 15 is 0 Å². The van der Waals surface area contributed by atoms with Crippen LogP contribution in [-0.4, -0.2) is 36.3 Å². The molecule has 132 valence electrons. The summed E-state index contributed by atoms with van der Waals surface area (Å²) < 4.78 is 39.2. The van der Waals surface area contributed by atoms with E-state index in [0.717, 1.165) is 18.9 Å². The number of piperidine rings is 1. The van der Waals surface area contributed by atoms with E-state index in [1.165, 1.54) is 12.1 Å². The topological polar surface area (TPSA) is 75.4 Å². The van der Waals surface area contributed by atoms with Crippen LogP contribution in [0.4, 0.5) is 13.2 Å². The smallest absolute Gasteiger partial charge is 0.361 e. The van der Waals surface area contributed by atoms with Crippen LogP contribution in [0.2, 0.25) is 0 Å². The highest BCUT2D eigenvalue weighted by Crippen LogP contribution is 2.32. The molecule has 1 fully saturated rings. The Bertz CT molecular complexity index is 604. The fourth-order valence-electron chi connectivity index (χ4n) is 2.96. The maximum Gasteiger partial charge on any atom is 0.416 e. The van der Waals surface area contributed by atoms with Crippen LogP contribution < -0.4 is 11.1 Å². The Kier molecular flexibility index (Phi) is 5.82. The lowest BCUT2D eigenvalue weighted by Crippen LogP contribution is -2.43. The highest BCUT2D eigenvalue weighted by molar-refractivity contribution is 6.34. The lowest BCUT2D eigenvalue weighted by Gasteiger charge is -2.33. The molecule has 0 aromatic heterocycles. The Balaban J connectivity index is 1.96. The molecule has 1 aromatic rings. The van der Waals surface area contributed by atoms with Gasteiger partial charge in [0.15, 0.2) is 0 Å². The molecule has 5 nitrogen and oxygen atoms in total. The summed E-state index contributed by atoms with van der Waals surface area (Å²) in [6, 6.07) is 5.55. The van der Waals surface area contributed by atoms with Crippen LogP contribution in [0.3, 0.4) is 0 Å². The number of amides is 2. The van der Waals surface area contributed by atoms with E-state index < -0.39 is 23.6 Å². The molecular weight excluding hydrogens is 323 g/mol. The largest absolute Gasteiger partial charge is 0.416 e. The van der Waals surface area contributed by atoms with Crippen LogP contribution in [0.25, 0.3) is 0 Å². The first kappa shape index (κ1) is 18.3. The van der Waals surface area contributed by atoms with Gasteiger partial charge in [0.1, 0.15) is 0 Å². The van der Waals surface area contributed by atoms with Crippen LogP contribution in [0.15, 0.2) is 24.3 Å². The molecule has 0 spiro atoms. The summed E-state index contributed by atoms with van der Waals surface area (Å²) in [6.45, 7) is 1.76. The van der Waals surface area contributed by atoms with Gasteiger partial charge in [-0.25, -0.2) is 0 Å². The molecule has 0 bridgehead atoms. The standard InChI is InChI=1S/C16H20F3N3O2/c17-16(18,19)13-6-2-1-5-12(13)10-22-7-3-4-11(9-22)8-21-15(24)14(20)23/h1-2,5-6,11H,3-4,7-10H2,(H2,20,23)(H,21,24). The summed E-state index contributed by atoms with van der Waals surface area (Å²) in [6.07, 6.45) is -2.71.